The molecule has 0 aromatic heterocycles. The summed E-state index contributed by atoms with van der Waals surface area (Å²) in [5, 5.41) is 5.90. The first kappa shape index (κ1) is 23.0. The zero-order chi connectivity index (χ0) is 22.1. The van der Waals surface area contributed by atoms with Crippen LogP contribution in [0.25, 0.3) is 0 Å². The lowest BCUT2D eigenvalue weighted by atomic mass is 10.0. The molecular weight excluding hydrogens is 390 g/mol. The number of carbonyl (C=O) groups is 2. The lowest BCUT2D eigenvalue weighted by Gasteiger charge is -2.34. The Balaban J connectivity index is 1.61. The van der Waals surface area contributed by atoms with Gasteiger partial charge in [0.15, 0.2) is 0 Å². The number of ether oxygens (including phenoxy) is 1. The number of morpholine rings is 1. The maximum absolute atomic E-state index is 13.0. The minimum Gasteiger partial charge on any atom is -0.374 e. The van der Waals surface area contributed by atoms with E-state index in [4.69, 9.17) is 4.74 Å². The van der Waals surface area contributed by atoms with E-state index in [9.17, 15) is 9.59 Å². The molecule has 2 aromatic carbocycles. The average Bonchev–Trinajstić information content (AvgIpc) is 2.78. The molecule has 3 rings (SSSR count). The Morgan fingerprint density at radius 1 is 1.06 bits per heavy atom. The number of carbonyl (C=O) groups excluding carboxylic acids is 2. The molecule has 1 aliphatic rings. The standard InChI is InChI=1S/C25H33N3O3/c1-19(2)17-28-13-14-31-22(18-28)16-26-25(30)23(15-20-9-5-3-6-10-20)27-24(29)21-11-7-4-8-12-21/h3-12,19,22-23H,13-18H2,1-2H3,(H,26,30)(H,27,29). The minimum atomic E-state index is -0.662. The van der Waals surface area contributed by atoms with Crippen LogP contribution in [0.2, 0.25) is 0 Å². The monoisotopic (exact) mass is 423 g/mol. The summed E-state index contributed by atoms with van der Waals surface area (Å²) in [5.41, 5.74) is 1.53. The molecule has 2 aromatic rings. The average molecular weight is 424 g/mol. The molecule has 2 unspecified atom stereocenters. The number of nitrogens with one attached hydrogen (secondary N) is 2. The summed E-state index contributed by atoms with van der Waals surface area (Å²) in [7, 11) is 0. The summed E-state index contributed by atoms with van der Waals surface area (Å²) < 4.78 is 5.84. The second-order valence-electron chi connectivity index (χ2n) is 8.47. The molecule has 1 saturated heterocycles. The number of rotatable bonds is 9. The third-order valence-corrected chi connectivity index (χ3v) is 5.29. The van der Waals surface area contributed by atoms with Gasteiger partial charge in [-0.2, -0.15) is 0 Å². The van der Waals surface area contributed by atoms with E-state index in [0.717, 1.165) is 25.2 Å². The lowest BCUT2D eigenvalue weighted by molar-refractivity contribution is -0.124. The van der Waals surface area contributed by atoms with Gasteiger partial charge in [-0.15, -0.1) is 0 Å². The molecule has 0 radical (unpaired) electrons. The Kier molecular flexibility index (Phi) is 8.62. The van der Waals surface area contributed by atoms with Crippen LogP contribution in [0.1, 0.15) is 29.8 Å². The van der Waals surface area contributed by atoms with Crippen LogP contribution in [0.4, 0.5) is 0 Å². The Morgan fingerprint density at radius 3 is 2.42 bits per heavy atom. The Hall–Kier alpha value is -2.70. The molecule has 1 aliphatic heterocycles. The summed E-state index contributed by atoms with van der Waals surface area (Å²) in [5.74, 6) is 0.142. The van der Waals surface area contributed by atoms with E-state index in [1.165, 1.54) is 0 Å². The first-order valence-electron chi connectivity index (χ1n) is 11.0. The van der Waals surface area contributed by atoms with Crippen LogP contribution in [-0.4, -0.2) is 61.6 Å². The van der Waals surface area contributed by atoms with Gasteiger partial charge in [-0.1, -0.05) is 62.4 Å². The normalized spacial score (nSPS) is 17.8. The molecule has 0 saturated carbocycles. The SMILES string of the molecule is CC(C)CN1CCOC(CNC(=O)C(Cc2ccccc2)NC(=O)c2ccccc2)C1. The summed E-state index contributed by atoms with van der Waals surface area (Å²) in [6.45, 7) is 8.26. The van der Waals surface area contributed by atoms with Crippen LogP contribution in [0.15, 0.2) is 60.7 Å². The summed E-state index contributed by atoms with van der Waals surface area (Å²) in [6, 6.07) is 18.0. The highest BCUT2D eigenvalue weighted by molar-refractivity contribution is 5.97. The topological polar surface area (TPSA) is 70.7 Å². The highest BCUT2D eigenvalue weighted by Crippen LogP contribution is 2.09. The Bertz CT molecular complexity index is 826. The van der Waals surface area contributed by atoms with Crippen LogP contribution in [-0.2, 0) is 16.0 Å². The van der Waals surface area contributed by atoms with Crippen LogP contribution >= 0.6 is 0 Å². The Labute approximate surface area is 185 Å². The number of nitrogens with zero attached hydrogens (tertiary/aromatic N) is 1. The van der Waals surface area contributed by atoms with Gasteiger partial charge < -0.3 is 15.4 Å². The fraction of sp³-hybridized carbons (Fsp3) is 0.440. The third kappa shape index (κ3) is 7.49. The maximum Gasteiger partial charge on any atom is 0.251 e. The maximum atomic E-state index is 13.0. The molecule has 0 aliphatic carbocycles. The van der Waals surface area contributed by atoms with Gasteiger partial charge in [0, 0.05) is 38.2 Å². The largest absolute Gasteiger partial charge is 0.374 e. The van der Waals surface area contributed by atoms with Gasteiger partial charge in [-0.25, -0.2) is 0 Å². The predicted molar refractivity (Wildman–Crippen MR) is 122 cm³/mol. The van der Waals surface area contributed by atoms with Crippen molar-refractivity contribution < 1.29 is 14.3 Å². The van der Waals surface area contributed by atoms with Gasteiger partial charge in [0.2, 0.25) is 5.91 Å². The van der Waals surface area contributed by atoms with E-state index in [2.05, 4.69) is 29.4 Å². The highest BCUT2D eigenvalue weighted by atomic mass is 16.5. The number of hydrogen-bond donors (Lipinski definition) is 2. The molecule has 1 fully saturated rings. The lowest BCUT2D eigenvalue weighted by Crippen LogP contribution is -2.52. The van der Waals surface area contributed by atoms with Crippen molar-refractivity contribution in [1.29, 1.82) is 0 Å². The molecule has 2 N–H and O–H groups in total. The van der Waals surface area contributed by atoms with E-state index < -0.39 is 6.04 Å². The van der Waals surface area contributed by atoms with Gasteiger partial charge in [0.05, 0.1) is 12.7 Å². The molecule has 0 spiro atoms. The van der Waals surface area contributed by atoms with Crippen molar-refractivity contribution in [3.8, 4) is 0 Å². The molecule has 1 heterocycles. The smallest absolute Gasteiger partial charge is 0.251 e. The van der Waals surface area contributed by atoms with Gasteiger partial charge >= 0.3 is 0 Å². The van der Waals surface area contributed by atoms with Crippen molar-refractivity contribution in [2.45, 2.75) is 32.4 Å². The van der Waals surface area contributed by atoms with Crippen molar-refractivity contribution in [1.82, 2.24) is 15.5 Å². The second-order valence-corrected chi connectivity index (χ2v) is 8.47. The van der Waals surface area contributed by atoms with Gasteiger partial charge in [0.1, 0.15) is 6.04 Å². The third-order valence-electron chi connectivity index (χ3n) is 5.29. The van der Waals surface area contributed by atoms with Crippen LogP contribution < -0.4 is 10.6 Å². The van der Waals surface area contributed by atoms with E-state index >= 15 is 0 Å². The molecule has 2 amide bonds. The first-order chi connectivity index (χ1) is 15.0. The highest BCUT2D eigenvalue weighted by Gasteiger charge is 2.25. The summed E-state index contributed by atoms with van der Waals surface area (Å²) in [4.78, 5) is 28.1. The molecule has 31 heavy (non-hydrogen) atoms. The first-order valence-corrected chi connectivity index (χ1v) is 11.0. The molecule has 2 atom stereocenters. The molecule has 6 heteroatoms. The van der Waals surface area contributed by atoms with E-state index in [-0.39, 0.29) is 17.9 Å². The van der Waals surface area contributed by atoms with E-state index in [1.807, 2.05) is 48.5 Å². The van der Waals surface area contributed by atoms with Crippen molar-refractivity contribution in [3.63, 3.8) is 0 Å². The number of hydrogen-bond acceptors (Lipinski definition) is 4. The van der Waals surface area contributed by atoms with Gasteiger partial charge in [-0.3, -0.25) is 14.5 Å². The van der Waals surface area contributed by atoms with Gasteiger partial charge in [-0.05, 0) is 23.6 Å². The zero-order valence-corrected chi connectivity index (χ0v) is 18.4. The quantitative estimate of drug-likeness (QED) is 0.650. The van der Waals surface area contributed by atoms with Crippen LogP contribution in [0.5, 0.6) is 0 Å². The second kappa shape index (κ2) is 11.6. The van der Waals surface area contributed by atoms with E-state index in [1.54, 1.807) is 12.1 Å². The molecule has 6 nitrogen and oxygen atoms in total. The molecule has 166 valence electrons. The molecular formula is C25H33N3O3. The van der Waals surface area contributed by atoms with Crippen molar-refractivity contribution in [2.24, 2.45) is 5.92 Å². The Morgan fingerprint density at radius 2 is 1.74 bits per heavy atom. The van der Waals surface area contributed by atoms with Crippen molar-refractivity contribution in [3.05, 3.63) is 71.8 Å². The fourth-order valence-electron chi connectivity index (χ4n) is 3.81. The minimum absolute atomic E-state index is 0.0429. The number of amides is 2. The van der Waals surface area contributed by atoms with Crippen LogP contribution in [0, 0.1) is 5.92 Å². The van der Waals surface area contributed by atoms with Crippen molar-refractivity contribution >= 4 is 11.8 Å². The van der Waals surface area contributed by atoms with E-state index in [0.29, 0.717) is 31.1 Å². The number of benzene rings is 2. The predicted octanol–water partition coefficient (Wildman–Crippen LogP) is 2.50. The summed E-state index contributed by atoms with van der Waals surface area (Å²) in [6.07, 6.45) is 0.384. The van der Waals surface area contributed by atoms with Crippen LogP contribution in [0.3, 0.4) is 0 Å². The van der Waals surface area contributed by atoms with Gasteiger partial charge in [0.25, 0.3) is 5.91 Å². The molecule has 0 bridgehead atoms. The zero-order valence-electron chi connectivity index (χ0n) is 18.4. The van der Waals surface area contributed by atoms with Crippen molar-refractivity contribution in [2.75, 3.05) is 32.8 Å². The summed E-state index contributed by atoms with van der Waals surface area (Å²) >= 11 is 0. The fourth-order valence-corrected chi connectivity index (χ4v) is 3.81.